The molecule has 0 bridgehead atoms. The van der Waals surface area contributed by atoms with E-state index in [1.165, 1.54) is 5.69 Å². The average molecular weight is 492 g/mol. The molecule has 1 aromatic heterocycles. The Morgan fingerprint density at radius 2 is 1.75 bits per heavy atom. The standard InChI is InChI=1S/C27H37N7O2/c1-18(2)32-12-14-33(15-13-32)21-10-8-20(9-11-21)29-27-28-17-19(3)25(31-27)34(22-6-4-5-7-22)23-16-24(35)30-26(23)36/h8-11,17-18,22-23H,4-7,12-16H2,1-3H3,(H,28,29,31)(H,30,35,36). The number of aromatic nitrogens is 2. The maximum absolute atomic E-state index is 12.6. The summed E-state index contributed by atoms with van der Waals surface area (Å²) in [7, 11) is 0. The second kappa shape index (κ2) is 10.4. The number of anilines is 4. The van der Waals surface area contributed by atoms with Gasteiger partial charge in [0, 0.05) is 61.4 Å². The highest BCUT2D eigenvalue weighted by Crippen LogP contribution is 2.33. The van der Waals surface area contributed by atoms with Crippen molar-refractivity contribution in [3.05, 3.63) is 36.0 Å². The first-order valence-corrected chi connectivity index (χ1v) is 13.2. The summed E-state index contributed by atoms with van der Waals surface area (Å²) in [6, 6.07) is 8.67. The van der Waals surface area contributed by atoms with Crippen molar-refractivity contribution in [1.29, 1.82) is 0 Å². The fourth-order valence-electron chi connectivity index (χ4n) is 5.66. The number of hydrogen-bond acceptors (Lipinski definition) is 8. The third-order valence-electron chi connectivity index (χ3n) is 7.72. The molecule has 3 fully saturated rings. The highest BCUT2D eigenvalue weighted by atomic mass is 16.2. The van der Waals surface area contributed by atoms with Crippen LogP contribution < -0.4 is 20.4 Å². The maximum Gasteiger partial charge on any atom is 0.249 e. The van der Waals surface area contributed by atoms with Crippen LogP contribution in [0.5, 0.6) is 0 Å². The van der Waals surface area contributed by atoms with Crippen LogP contribution in [0.25, 0.3) is 0 Å². The summed E-state index contributed by atoms with van der Waals surface area (Å²) in [5.74, 6) is 0.767. The topological polar surface area (TPSA) is 93.7 Å². The number of imide groups is 1. The fourth-order valence-corrected chi connectivity index (χ4v) is 5.66. The number of rotatable bonds is 7. The van der Waals surface area contributed by atoms with E-state index in [2.05, 4.69) is 68.4 Å². The van der Waals surface area contributed by atoms with Crippen LogP contribution >= 0.6 is 0 Å². The second-order valence-corrected chi connectivity index (χ2v) is 10.5. The second-order valence-electron chi connectivity index (χ2n) is 10.5. The molecule has 2 aromatic rings. The molecule has 3 aliphatic rings. The number of nitrogens with zero attached hydrogens (tertiary/aromatic N) is 5. The van der Waals surface area contributed by atoms with Gasteiger partial charge in [0.1, 0.15) is 11.9 Å². The number of hydrogen-bond donors (Lipinski definition) is 2. The first-order valence-electron chi connectivity index (χ1n) is 13.2. The molecule has 2 N–H and O–H groups in total. The summed E-state index contributed by atoms with van der Waals surface area (Å²) in [5, 5.41) is 5.81. The quantitative estimate of drug-likeness (QED) is 0.571. The van der Waals surface area contributed by atoms with Gasteiger partial charge in [-0.3, -0.25) is 19.8 Å². The van der Waals surface area contributed by atoms with Gasteiger partial charge in [-0.05, 0) is 57.9 Å². The van der Waals surface area contributed by atoms with Crippen LogP contribution in [0.2, 0.25) is 0 Å². The van der Waals surface area contributed by atoms with Gasteiger partial charge in [-0.25, -0.2) is 4.98 Å². The maximum atomic E-state index is 12.6. The molecule has 1 atom stereocenters. The molecule has 1 saturated carbocycles. The molecule has 192 valence electrons. The number of carbonyl (C=O) groups is 2. The van der Waals surface area contributed by atoms with Crippen LogP contribution in [-0.2, 0) is 9.59 Å². The Bertz CT molecular complexity index is 1090. The zero-order valence-electron chi connectivity index (χ0n) is 21.5. The van der Waals surface area contributed by atoms with Crippen molar-refractivity contribution in [3.8, 4) is 0 Å². The summed E-state index contributed by atoms with van der Waals surface area (Å²) in [5.41, 5.74) is 3.03. The van der Waals surface area contributed by atoms with E-state index in [1.807, 2.05) is 6.92 Å². The Balaban J connectivity index is 1.32. The smallest absolute Gasteiger partial charge is 0.249 e. The number of amides is 2. The van der Waals surface area contributed by atoms with Gasteiger partial charge in [-0.15, -0.1) is 0 Å². The predicted octanol–water partition coefficient (Wildman–Crippen LogP) is 3.22. The van der Waals surface area contributed by atoms with Crippen LogP contribution in [0, 0.1) is 6.92 Å². The molecule has 1 unspecified atom stereocenters. The molecular weight excluding hydrogens is 454 g/mol. The van der Waals surface area contributed by atoms with Gasteiger partial charge in [0.15, 0.2) is 0 Å². The van der Waals surface area contributed by atoms with Crippen LogP contribution in [0.3, 0.4) is 0 Å². The lowest BCUT2D eigenvalue weighted by Gasteiger charge is -2.38. The Labute approximate surface area is 213 Å². The minimum absolute atomic E-state index is 0.175. The minimum Gasteiger partial charge on any atom is -0.369 e. The van der Waals surface area contributed by atoms with E-state index >= 15 is 0 Å². The van der Waals surface area contributed by atoms with Gasteiger partial charge >= 0.3 is 0 Å². The lowest BCUT2D eigenvalue weighted by molar-refractivity contribution is -0.125. The predicted molar refractivity (Wildman–Crippen MR) is 142 cm³/mol. The average Bonchev–Trinajstić information content (AvgIpc) is 3.51. The van der Waals surface area contributed by atoms with Crippen molar-refractivity contribution in [1.82, 2.24) is 20.2 Å². The number of piperazine rings is 1. The van der Waals surface area contributed by atoms with Crippen molar-refractivity contribution in [2.24, 2.45) is 0 Å². The molecule has 2 saturated heterocycles. The number of benzene rings is 1. The van der Waals surface area contributed by atoms with Gasteiger partial charge in [-0.1, -0.05) is 12.8 Å². The molecule has 2 aliphatic heterocycles. The highest BCUT2D eigenvalue weighted by molar-refractivity contribution is 6.07. The first kappa shape index (κ1) is 24.5. The Morgan fingerprint density at radius 3 is 2.36 bits per heavy atom. The van der Waals surface area contributed by atoms with Crippen molar-refractivity contribution >= 4 is 35.0 Å². The molecule has 5 rings (SSSR count). The van der Waals surface area contributed by atoms with Crippen molar-refractivity contribution in [3.63, 3.8) is 0 Å². The van der Waals surface area contributed by atoms with E-state index in [9.17, 15) is 9.59 Å². The van der Waals surface area contributed by atoms with Gasteiger partial charge in [0.25, 0.3) is 0 Å². The van der Waals surface area contributed by atoms with Crippen LogP contribution in [-0.4, -0.2) is 71.0 Å². The third-order valence-corrected chi connectivity index (χ3v) is 7.72. The summed E-state index contributed by atoms with van der Waals surface area (Å²) >= 11 is 0. The lowest BCUT2D eigenvalue weighted by atomic mass is 10.1. The highest BCUT2D eigenvalue weighted by Gasteiger charge is 2.40. The zero-order valence-corrected chi connectivity index (χ0v) is 21.5. The molecule has 3 heterocycles. The zero-order chi connectivity index (χ0) is 25.2. The minimum atomic E-state index is -0.516. The van der Waals surface area contributed by atoms with Gasteiger partial charge in [-0.2, -0.15) is 4.98 Å². The summed E-state index contributed by atoms with van der Waals surface area (Å²) in [6.07, 6.45) is 6.21. The van der Waals surface area contributed by atoms with Gasteiger partial charge in [0.2, 0.25) is 17.8 Å². The monoisotopic (exact) mass is 491 g/mol. The van der Waals surface area contributed by atoms with Crippen LogP contribution in [0.4, 0.5) is 23.1 Å². The van der Waals surface area contributed by atoms with E-state index in [4.69, 9.17) is 4.98 Å². The number of nitrogens with one attached hydrogen (secondary N) is 2. The van der Waals surface area contributed by atoms with E-state index in [-0.39, 0.29) is 24.3 Å². The van der Waals surface area contributed by atoms with E-state index in [1.54, 1.807) is 6.20 Å². The molecule has 2 amide bonds. The molecule has 9 nitrogen and oxygen atoms in total. The first-order chi connectivity index (χ1) is 17.4. The molecule has 36 heavy (non-hydrogen) atoms. The third kappa shape index (κ3) is 5.16. The SMILES string of the molecule is Cc1cnc(Nc2ccc(N3CCN(C(C)C)CC3)cc2)nc1N(C1CCCC1)C1CC(=O)NC1=O. The van der Waals surface area contributed by atoms with E-state index in [0.29, 0.717) is 12.0 Å². The molecule has 1 aromatic carbocycles. The summed E-state index contributed by atoms with van der Waals surface area (Å²) in [6.45, 7) is 10.7. The fraction of sp³-hybridized carbons (Fsp3) is 0.556. The lowest BCUT2D eigenvalue weighted by Crippen LogP contribution is -2.48. The summed E-state index contributed by atoms with van der Waals surface area (Å²) < 4.78 is 0. The molecular formula is C27H37N7O2. The number of carbonyl (C=O) groups excluding carboxylic acids is 2. The summed E-state index contributed by atoms with van der Waals surface area (Å²) in [4.78, 5) is 41.0. The van der Waals surface area contributed by atoms with Crippen molar-refractivity contribution in [2.45, 2.75) is 71.0 Å². The van der Waals surface area contributed by atoms with E-state index in [0.717, 1.165) is 68.9 Å². The van der Waals surface area contributed by atoms with Crippen LogP contribution in [0.15, 0.2) is 30.5 Å². The van der Waals surface area contributed by atoms with Crippen molar-refractivity contribution in [2.75, 3.05) is 41.3 Å². The van der Waals surface area contributed by atoms with E-state index < -0.39 is 6.04 Å². The van der Waals surface area contributed by atoms with Crippen LogP contribution in [0.1, 0.15) is 51.5 Å². The van der Waals surface area contributed by atoms with Gasteiger partial charge in [0.05, 0.1) is 6.42 Å². The molecule has 0 radical (unpaired) electrons. The van der Waals surface area contributed by atoms with Gasteiger partial charge < -0.3 is 15.1 Å². The Kier molecular flexibility index (Phi) is 7.09. The number of aryl methyl sites for hydroxylation is 1. The normalized spacial score (nSPS) is 21.3. The Hall–Kier alpha value is -3.20. The Morgan fingerprint density at radius 1 is 1.06 bits per heavy atom. The molecule has 0 spiro atoms. The largest absolute Gasteiger partial charge is 0.369 e. The van der Waals surface area contributed by atoms with Crippen molar-refractivity contribution < 1.29 is 9.59 Å². The molecule has 9 heteroatoms. The molecule has 1 aliphatic carbocycles.